The molecular weight excluding hydrogens is 268 g/mol. The van der Waals surface area contributed by atoms with Crippen molar-refractivity contribution in [1.29, 1.82) is 0 Å². The second-order valence-corrected chi connectivity index (χ2v) is 4.41. The third-order valence-corrected chi connectivity index (χ3v) is 2.98. The van der Waals surface area contributed by atoms with Gasteiger partial charge in [0.05, 0.1) is 13.7 Å². The largest absolute Gasteiger partial charge is 0.497 e. The number of aromatic nitrogens is 2. The van der Waals surface area contributed by atoms with Gasteiger partial charge in [-0.15, -0.1) is 0 Å². The number of hydrogen-bond donors (Lipinski definition) is 0. The highest BCUT2D eigenvalue weighted by molar-refractivity contribution is 6.20. The molecule has 2 rings (SSSR count). The van der Waals surface area contributed by atoms with Gasteiger partial charge in [0, 0.05) is 19.4 Å². The van der Waals surface area contributed by atoms with E-state index in [2.05, 4.69) is 4.98 Å². The van der Waals surface area contributed by atoms with Gasteiger partial charge < -0.3 is 14.0 Å². The number of ether oxygens (including phenoxy) is 2. The Kier molecular flexibility index (Phi) is 4.77. The van der Waals surface area contributed by atoms with Crippen molar-refractivity contribution >= 4 is 17.6 Å². The highest BCUT2D eigenvalue weighted by Crippen LogP contribution is 2.20. The van der Waals surface area contributed by atoms with Crippen LogP contribution in [0.5, 0.6) is 5.75 Å². The molecule has 0 saturated heterocycles. The lowest BCUT2D eigenvalue weighted by Crippen LogP contribution is -2.10. The van der Waals surface area contributed by atoms with Gasteiger partial charge in [-0.25, -0.2) is 9.78 Å². The zero-order valence-electron chi connectivity index (χ0n) is 12.4. The van der Waals surface area contributed by atoms with Crippen LogP contribution in [0.4, 0.5) is 0 Å². The highest BCUT2D eigenvalue weighted by Gasteiger charge is 2.17. The number of aryl methyl sites for hydroxylation is 1. The molecule has 1 aromatic carbocycles. The van der Waals surface area contributed by atoms with Crippen molar-refractivity contribution in [3.05, 3.63) is 48.0 Å². The average Bonchev–Trinajstić information content (AvgIpc) is 2.91. The SMILES string of the molecule is CCOC(=O)/C(=C\c1ccc(OC)cc1)c1nccn1C. The quantitative estimate of drug-likeness (QED) is 0.626. The molecule has 5 heteroatoms. The van der Waals surface area contributed by atoms with Gasteiger partial charge in [0.1, 0.15) is 17.1 Å². The van der Waals surface area contributed by atoms with E-state index in [1.165, 1.54) is 0 Å². The number of carbonyl (C=O) groups excluding carboxylic acids is 1. The van der Waals surface area contributed by atoms with E-state index in [0.29, 0.717) is 18.0 Å². The Morgan fingerprint density at radius 1 is 1.33 bits per heavy atom. The molecule has 0 bridgehead atoms. The van der Waals surface area contributed by atoms with Crippen molar-refractivity contribution in [3.63, 3.8) is 0 Å². The Morgan fingerprint density at radius 3 is 2.57 bits per heavy atom. The third kappa shape index (κ3) is 3.51. The molecule has 0 aliphatic heterocycles. The first-order valence-electron chi connectivity index (χ1n) is 6.66. The van der Waals surface area contributed by atoms with Gasteiger partial charge in [-0.2, -0.15) is 0 Å². The molecule has 0 fully saturated rings. The minimum absolute atomic E-state index is 0.323. The van der Waals surface area contributed by atoms with Crippen LogP contribution in [0, 0.1) is 0 Å². The Hall–Kier alpha value is -2.56. The van der Waals surface area contributed by atoms with Crippen LogP contribution in [0.2, 0.25) is 0 Å². The Bertz CT molecular complexity index is 642. The number of methoxy groups -OCH3 is 1. The summed E-state index contributed by atoms with van der Waals surface area (Å²) in [5.41, 5.74) is 1.30. The van der Waals surface area contributed by atoms with Crippen molar-refractivity contribution in [2.75, 3.05) is 13.7 Å². The Morgan fingerprint density at radius 2 is 2.05 bits per heavy atom. The van der Waals surface area contributed by atoms with E-state index in [0.717, 1.165) is 11.3 Å². The van der Waals surface area contributed by atoms with E-state index in [1.807, 2.05) is 31.3 Å². The third-order valence-electron chi connectivity index (χ3n) is 2.98. The first kappa shape index (κ1) is 14.8. The van der Waals surface area contributed by atoms with Crippen LogP contribution >= 0.6 is 0 Å². The highest BCUT2D eigenvalue weighted by atomic mass is 16.5. The predicted molar refractivity (Wildman–Crippen MR) is 80.7 cm³/mol. The lowest BCUT2D eigenvalue weighted by atomic mass is 10.1. The van der Waals surface area contributed by atoms with Crippen LogP contribution in [0.3, 0.4) is 0 Å². The van der Waals surface area contributed by atoms with E-state index in [1.54, 1.807) is 37.1 Å². The molecule has 0 amide bonds. The number of hydrogen-bond acceptors (Lipinski definition) is 4. The van der Waals surface area contributed by atoms with Gasteiger partial charge in [-0.1, -0.05) is 12.1 Å². The average molecular weight is 286 g/mol. The fourth-order valence-corrected chi connectivity index (χ4v) is 1.92. The van der Waals surface area contributed by atoms with E-state index in [-0.39, 0.29) is 5.97 Å². The maximum atomic E-state index is 12.2. The van der Waals surface area contributed by atoms with Crippen LogP contribution < -0.4 is 4.74 Å². The zero-order valence-corrected chi connectivity index (χ0v) is 12.4. The fourth-order valence-electron chi connectivity index (χ4n) is 1.92. The predicted octanol–water partition coefficient (Wildman–Crippen LogP) is 2.53. The van der Waals surface area contributed by atoms with E-state index in [4.69, 9.17) is 9.47 Å². The summed E-state index contributed by atoms with van der Waals surface area (Å²) in [4.78, 5) is 16.4. The maximum absolute atomic E-state index is 12.2. The van der Waals surface area contributed by atoms with E-state index >= 15 is 0 Å². The van der Waals surface area contributed by atoms with Crippen LogP contribution in [0.1, 0.15) is 18.3 Å². The van der Waals surface area contributed by atoms with Gasteiger partial charge in [-0.3, -0.25) is 0 Å². The summed E-state index contributed by atoms with van der Waals surface area (Å²) in [6.45, 7) is 2.10. The van der Waals surface area contributed by atoms with Crippen molar-refractivity contribution in [2.45, 2.75) is 6.92 Å². The van der Waals surface area contributed by atoms with E-state index < -0.39 is 0 Å². The van der Waals surface area contributed by atoms with E-state index in [9.17, 15) is 4.79 Å². The fraction of sp³-hybridized carbons (Fsp3) is 0.250. The molecule has 110 valence electrons. The molecule has 0 saturated carbocycles. The first-order chi connectivity index (χ1) is 10.2. The summed E-state index contributed by atoms with van der Waals surface area (Å²) < 4.78 is 12.0. The topological polar surface area (TPSA) is 53.4 Å². The van der Waals surface area contributed by atoms with Crippen LogP contribution in [-0.4, -0.2) is 29.2 Å². The van der Waals surface area contributed by atoms with Gasteiger partial charge in [0.15, 0.2) is 0 Å². The number of benzene rings is 1. The molecule has 0 N–H and O–H groups in total. The van der Waals surface area contributed by atoms with Gasteiger partial charge in [-0.05, 0) is 30.7 Å². The summed E-state index contributed by atoms with van der Waals surface area (Å²) in [5.74, 6) is 0.953. The minimum Gasteiger partial charge on any atom is -0.497 e. The van der Waals surface area contributed by atoms with Crippen molar-refractivity contribution < 1.29 is 14.3 Å². The maximum Gasteiger partial charge on any atom is 0.341 e. The standard InChI is InChI=1S/C16H18N2O3/c1-4-21-16(19)14(15-17-9-10-18(15)2)11-12-5-7-13(20-3)8-6-12/h5-11H,4H2,1-3H3/b14-11-. The number of imidazole rings is 1. The molecule has 0 spiro atoms. The number of nitrogens with zero attached hydrogens (tertiary/aromatic N) is 2. The molecule has 0 radical (unpaired) electrons. The molecule has 0 unspecified atom stereocenters. The molecule has 21 heavy (non-hydrogen) atoms. The number of rotatable bonds is 5. The molecule has 1 aromatic heterocycles. The molecule has 5 nitrogen and oxygen atoms in total. The zero-order chi connectivity index (χ0) is 15.2. The summed E-state index contributed by atoms with van der Waals surface area (Å²) in [6.07, 6.45) is 5.20. The summed E-state index contributed by atoms with van der Waals surface area (Å²) in [5, 5.41) is 0. The molecular formula is C16H18N2O3. The van der Waals surface area contributed by atoms with Gasteiger partial charge >= 0.3 is 5.97 Å². The normalized spacial score (nSPS) is 11.3. The van der Waals surface area contributed by atoms with Crippen LogP contribution in [0.15, 0.2) is 36.7 Å². The van der Waals surface area contributed by atoms with Crippen molar-refractivity contribution in [1.82, 2.24) is 9.55 Å². The minimum atomic E-state index is -0.386. The lowest BCUT2D eigenvalue weighted by molar-refractivity contribution is -0.136. The Balaban J connectivity index is 2.40. The second kappa shape index (κ2) is 6.74. The first-order valence-corrected chi connectivity index (χ1v) is 6.66. The van der Waals surface area contributed by atoms with Crippen LogP contribution in [-0.2, 0) is 16.6 Å². The summed E-state index contributed by atoms with van der Waals surface area (Å²) in [7, 11) is 3.45. The Labute approximate surface area is 123 Å². The molecule has 0 aliphatic carbocycles. The van der Waals surface area contributed by atoms with Crippen molar-refractivity contribution in [2.24, 2.45) is 7.05 Å². The molecule has 0 aliphatic rings. The smallest absolute Gasteiger partial charge is 0.341 e. The lowest BCUT2D eigenvalue weighted by Gasteiger charge is -2.07. The molecule has 2 aromatic rings. The molecule has 0 atom stereocenters. The summed E-state index contributed by atoms with van der Waals surface area (Å²) in [6, 6.07) is 7.43. The van der Waals surface area contributed by atoms with Gasteiger partial charge in [0.25, 0.3) is 0 Å². The number of esters is 1. The molecule has 1 heterocycles. The second-order valence-electron chi connectivity index (χ2n) is 4.41. The van der Waals surface area contributed by atoms with Crippen LogP contribution in [0.25, 0.3) is 11.6 Å². The van der Waals surface area contributed by atoms with Crippen molar-refractivity contribution in [3.8, 4) is 5.75 Å². The van der Waals surface area contributed by atoms with Gasteiger partial charge in [0.2, 0.25) is 0 Å². The monoisotopic (exact) mass is 286 g/mol. The summed E-state index contributed by atoms with van der Waals surface area (Å²) >= 11 is 0. The number of carbonyl (C=O) groups is 1.